The molecule has 30 heavy (non-hydrogen) atoms. The fraction of sp³-hybridized carbons (Fsp3) is 0.391. The molecule has 0 unspecified atom stereocenters. The number of hydrogen-bond acceptors (Lipinski definition) is 4. The van der Waals surface area contributed by atoms with Crippen LogP contribution in [0.5, 0.6) is 0 Å². The van der Waals surface area contributed by atoms with Crippen molar-refractivity contribution in [3.05, 3.63) is 60.2 Å². The number of nitrogens with one attached hydrogen (secondary N) is 1. The highest BCUT2D eigenvalue weighted by atomic mass is 32.2. The second kappa shape index (κ2) is 8.99. The van der Waals surface area contributed by atoms with E-state index in [1.165, 1.54) is 31.5 Å². The van der Waals surface area contributed by atoms with Crippen LogP contribution >= 0.6 is 0 Å². The van der Waals surface area contributed by atoms with Gasteiger partial charge in [0.15, 0.2) is 0 Å². The fourth-order valence-corrected chi connectivity index (χ4v) is 4.97. The number of nitriles is 1. The molecular weight excluding hydrogens is 398 g/mol. The number of nitrogens with zero attached hydrogens (tertiary/aromatic N) is 2. The van der Waals surface area contributed by atoms with Crippen molar-refractivity contribution in [1.29, 1.82) is 5.26 Å². The number of benzene rings is 2. The molecule has 1 amide bonds. The van der Waals surface area contributed by atoms with Gasteiger partial charge in [-0.25, -0.2) is 8.42 Å². The number of hydrogen-bond donors (Lipinski definition) is 1. The summed E-state index contributed by atoms with van der Waals surface area (Å²) < 4.78 is 27.5. The monoisotopic (exact) mass is 425 g/mol. The summed E-state index contributed by atoms with van der Waals surface area (Å²) >= 11 is 0. The second-order valence-corrected chi connectivity index (χ2v) is 10.2. The summed E-state index contributed by atoms with van der Waals surface area (Å²) in [4.78, 5) is 12.3. The van der Waals surface area contributed by atoms with E-state index < -0.39 is 21.3 Å². The molecular formula is C23H27N3O3S. The van der Waals surface area contributed by atoms with Crippen LogP contribution in [0.1, 0.15) is 32.3 Å². The number of piperidine rings is 1. The third-order valence-electron chi connectivity index (χ3n) is 5.54. The SMILES string of the molecule is CC(C)(C#N)C(=O)Nc1ccc(S(=O)(=O)N2CCC(Cc3ccccc3)CC2)cc1. The first kappa shape index (κ1) is 22.0. The molecule has 0 radical (unpaired) electrons. The normalized spacial score (nSPS) is 16.0. The molecule has 0 spiro atoms. The van der Waals surface area contributed by atoms with Crippen LogP contribution in [0.25, 0.3) is 0 Å². The Labute approximate surface area is 178 Å². The number of sulfonamides is 1. The number of rotatable bonds is 6. The first-order valence-electron chi connectivity index (χ1n) is 10.1. The molecule has 1 N–H and O–H groups in total. The predicted molar refractivity (Wildman–Crippen MR) is 116 cm³/mol. The number of carbonyl (C=O) groups excluding carboxylic acids is 1. The van der Waals surface area contributed by atoms with Crippen molar-refractivity contribution >= 4 is 21.6 Å². The van der Waals surface area contributed by atoms with Crippen molar-refractivity contribution in [2.24, 2.45) is 11.3 Å². The van der Waals surface area contributed by atoms with Gasteiger partial charge in [0.1, 0.15) is 5.41 Å². The summed E-state index contributed by atoms with van der Waals surface area (Å²) in [6.07, 6.45) is 2.65. The Morgan fingerprint density at radius 1 is 1.10 bits per heavy atom. The standard InChI is InChI=1S/C23H27N3O3S/c1-23(2,17-24)22(27)25-20-8-10-21(11-9-20)30(28,29)26-14-12-19(13-15-26)16-18-6-4-3-5-7-18/h3-11,19H,12-16H2,1-2H3,(H,25,27). The average Bonchev–Trinajstić information content (AvgIpc) is 2.75. The van der Waals surface area contributed by atoms with Gasteiger partial charge in [-0.2, -0.15) is 9.57 Å². The van der Waals surface area contributed by atoms with E-state index in [1.807, 2.05) is 24.3 Å². The number of amides is 1. The molecule has 2 aromatic carbocycles. The molecule has 6 nitrogen and oxygen atoms in total. The highest BCUT2D eigenvalue weighted by Gasteiger charge is 2.30. The summed E-state index contributed by atoms with van der Waals surface area (Å²) in [5.74, 6) is 0.0565. The Hall–Kier alpha value is -2.69. The lowest BCUT2D eigenvalue weighted by Gasteiger charge is -2.31. The van der Waals surface area contributed by atoms with Crippen LogP contribution in [0.4, 0.5) is 5.69 Å². The Balaban J connectivity index is 1.61. The van der Waals surface area contributed by atoms with E-state index in [-0.39, 0.29) is 4.90 Å². The summed E-state index contributed by atoms with van der Waals surface area (Å²) in [5, 5.41) is 11.7. The van der Waals surface area contributed by atoms with Gasteiger partial charge in [0.05, 0.1) is 11.0 Å². The second-order valence-electron chi connectivity index (χ2n) is 8.25. The van der Waals surface area contributed by atoms with Crippen molar-refractivity contribution in [2.45, 2.75) is 38.0 Å². The van der Waals surface area contributed by atoms with E-state index in [0.29, 0.717) is 24.7 Å². The zero-order valence-electron chi connectivity index (χ0n) is 17.3. The fourth-order valence-electron chi connectivity index (χ4n) is 3.50. The minimum Gasteiger partial charge on any atom is -0.325 e. The zero-order valence-corrected chi connectivity index (χ0v) is 18.2. The van der Waals surface area contributed by atoms with Crippen LogP contribution in [0.2, 0.25) is 0 Å². The molecule has 1 aliphatic rings. The van der Waals surface area contributed by atoms with Crippen LogP contribution in [0.15, 0.2) is 59.5 Å². The van der Waals surface area contributed by atoms with Gasteiger partial charge >= 0.3 is 0 Å². The quantitative estimate of drug-likeness (QED) is 0.762. The third-order valence-corrected chi connectivity index (χ3v) is 7.45. The molecule has 1 saturated heterocycles. The van der Waals surface area contributed by atoms with Crippen molar-refractivity contribution in [3.63, 3.8) is 0 Å². The molecule has 1 fully saturated rings. The Morgan fingerprint density at radius 2 is 1.70 bits per heavy atom. The van der Waals surface area contributed by atoms with Gasteiger partial charge < -0.3 is 5.32 Å². The molecule has 1 heterocycles. The van der Waals surface area contributed by atoms with Crippen molar-refractivity contribution < 1.29 is 13.2 Å². The first-order valence-corrected chi connectivity index (χ1v) is 11.5. The molecule has 1 aliphatic heterocycles. The minimum atomic E-state index is -3.57. The van der Waals surface area contributed by atoms with Gasteiger partial charge in [-0.15, -0.1) is 0 Å². The highest BCUT2D eigenvalue weighted by molar-refractivity contribution is 7.89. The van der Waals surface area contributed by atoms with Crippen LogP contribution in [-0.2, 0) is 21.2 Å². The molecule has 0 saturated carbocycles. The van der Waals surface area contributed by atoms with Gasteiger partial charge in [-0.1, -0.05) is 30.3 Å². The largest absolute Gasteiger partial charge is 0.325 e. The molecule has 158 valence electrons. The molecule has 0 bridgehead atoms. The molecule has 0 atom stereocenters. The number of anilines is 1. The first-order chi connectivity index (χ1) is 14.2. The molecule has 0 aromatic heterocycles. The Morgan fingerprint density at radius 3 is 2.27 bits per heavy atom. The maximum atomic E-state index is 13.0. The molecule has 0 aliphatic carbocycles. The van der Waals surface area contributed by atoms with Crippen LogP contribution < -0.4 is 5.32 Å². The van der Waals surface area contributed by atoms with E-state index in [2.05, 4.69) is 17.4 Å². The smallest absolute Gasteiger partial charge is 0.244 e. The van der Waals surface area contributed by atoms with E-state index in [4.69, 9.17) is 5.26 Å². The van der Waals surface area contributed by atoms with Crippen LogP contribution in [-0.4, -0.2) is 31.7 Å². The van der Waals surface area contributed by atoms with Gasteiger partial charge in [-0.05, 0) is 68.9 Å². The molecule has 3 rings (SSSR count). The third kappa shape index (κ3) is 5.07. The lowest BCUT2D eigenvalue weighted by Crippen LogP contribution is -2.38. The van der Waals surface area contributed by atoms with Gasteiger partial charge in [0, 0.05) is 18.8 Å². The summed E-state index contributed by atoms with van der Waals surface area (Å²) in [6, 6.07) is 18.3. The Bertz CT molecular complexity index is 1020. The maximum absolute atomic E-state index is 13.0. The van der Waals surface area contributed by atoms with Gasteiger partial charge in [-0.3, -0.25) is 4.79 Å². The van der Waals surface area contributed by atoms with Crippen LogP contribution in [0.3, 0.4) is 0 Å². The molecule has 2 aromatic rings. The topological polar surface area (TPSA) is 90.3 Å². The van der Waals surface area contributed by atoms with E-state index in [9.17, 15) is 13.2 Å². The van der Waals surface area contributed by atoms with Gasteiger partial charge in [0.25, 0.3) is 0 Å². The number of carbonyl (C=O) groups is 1. The highest BCUT2D eigenvalue weighted by Crippen LogP contribution is 2.27. The van der Waals surface area contributed by atoms with E-state index in [0.717, 1.165) is 19.3 Å². The lowest BCUT2D eigenvalue weighted by atomic mass is 9.91. The predicted octanol–water partition coefficient (Wildman–Crippen LogP) is 3.82. The van der Waals surface area contributed by atoms with Gasteiger partial charge in [0.2, 0.25) is 15.9 Å². The summed E-state index contributed by atoms with van der Waals surface area (Å²) in [5.41, 5.74) is 0.592. The zero-order chi connectivity index (χ0) is 21.8. The maximum Gasteiger partial charge on any atom is 0.244 e. The van der Waals surface area contributed by atoms with Crippen molar-refractivity contribution in [3.8, 4) is 6.07 Å². The average molecular weight is 426 g/mol. The van der Waals surface area contributed by atoms with E-state index in [1.54, 1.807) is 16.4 Å². The van der Waals surface area contributed by atoms with Crippen LogP contribution in [0, 0.1) is 22.7 Å². The lowest BCUT2D eigenvalue weighted by molar-refractivity contribution is -0.121. The molecule has 7 heteroatoms. The summed E-state index contributed by atoms with van der Waals surface area (Å²) in [7, 11) is -3.57. The van der Waals surface area contributed by atoms with Crippen molar-refractivity contribution in [2.75, 3.05) is 18.4 Å². The van der Waals surface area contributed by atoms with Crippen molar-refractivity contribution in [1.82, 2.24) is 4.31 Å². The van der Waals surface area contributed by atoms with E-state index >= 15 is 0 Å². The summed E-state index contributed by atoms with van der Waals surface area (Å²) in [6.45, 7) is 4.08. The Kier molecular flexibility index (Phi) is 6.59. The minimum absolute atomic E-state index is 0.210.